The zero-order chi connectivity index (χ0) is 17.1. The molecule has 0 spiro atoms. The van der Waals surface area contributed by atoms with Crippen LogP contribution in [0.25, 0.3) is 0 Å². The summed E-state index contributed by atoms with van der Waals surface area (Å²) in [6, 6.07) is 5.94. The minimum absolute atomic E-state index is 0.342. The molecule has 1 N–H and O–H groups in total. The smallest absolute Gasteiger partial charge is 0.410 e. The Hall–Kier alpha value is -2.06. The number of hydrogen-bond acceptors (Lipinski definition) is 3. The van der Waals surface area contributed by atoms with Crippen LogP contribution in [-0.2, 0) is 4.74 Å². The fourth-order valence-corrected chi connectivity index (χ4v) is 2.27. The van der Waals surface area contributed by atoms with E-state index in [1.54, 1.807) is 17.0 Å². The number of aliphatic hydroxyl groups is 1. The van der Waals surface area contributed by atoms with E-state index >= 15 is 0 Å². The van der Waals surface area contributed by atoms with Gasteiger partial charge in [0.05, 0.1) is 0 Å². The van der Waals surface area contributed by atoms with Crippen molar-refractivity contribution in [2.75, 3.05) is 13.1 Å². The van der Waals surface area contributed by atoms with Crippen molar-refractivity contribution in [3.63, 3.8) is 0 Å². The first-order chi connectivity index (χ1) is 10.7. The number of hydrogen-bond donors (Lipinski definition) is 1. The molecule has 1 fully saturated rings. The molecule has 1 saturated heterocycles. The number of piperidine rings is 1. The number of ether oxygens (including phenoxy) is 1. The summed E-state index contributed by atoms with van der Waals surface area (Å²) in [4.78, 5) is 13.6. The maximum absolute atomic E-state index is 13.1. The van der Waals surface area contributed by atoms with Gasteiger partial charge in [0.2, 0.25) is 0 Å². The summed E-state index contributed by atoms with van der Waals surface area (Å²) in [6.07, 6.45) is 0.306. The Morgan fingerprint density at radius 1 is 1.35 bits per heavy atom. The quantitative estimate of drug-likeness (QED) is 0.748. The van der Waals surface area contributed by atoms with Gasteiger partial charge in [0, 0.05) is 31.5 Å². The number of carbonyl (C=O) groups excluding carboxylic acids is 1. The first-order valence-corrected chi connectivity index (χ1v) is 7.66. The second-order valence-electron chi connectivity index (χ2n) is 6.76. The molecule has 4 nitrogen and oxygen atoms in total. The molecule has 1 heterocycles. The van der Waals surface area contributed by atoms with Crippen LogP contribution in [0.5, 0.6) is 0 Å². The summed E-state index contributed by atoms with van der Waals surface area (Å²) in [6.45, 7) is 6.20. The Kier molecular flexibility index (Phi) is 4.96. The van der Waals surface area contributed by atoms with Crippen LogP contribution in [-0.4, -0.2) is 40.4 Å². The summed E-state index contributed by atoms with van der Waals surface area (Å²) in [7, 11) is 0. The lowest BCUT2D eigenvalue weighted by molar-refractivity contribution is -0.00514. The Bertz CT molecular complexity index is 632. The highest BCUT2D eigenvalue weighted by atomic mass is 19.1. The molecule has 1 aliphatic heterocycles. The number of amides is 1. The molecule has 5 heteroatoms. The fourth-order valence-electron chi connectivity index (χ4n) is 2.27. The maximum Gasteiger partial charge on any atom is 0.410 e. The average Bonchev–Trinajstić information content (AvgIpc) is 2.44. The summed E-state index contributed by atoms with van der Waals surface area (Å²) < 4.78 is 18.4. The second-order valence-corrected chi connectivity index (χ2v) is 6.76. The molecular weight excluding hydrogens is 297 g/mol. The van der Waals surface area contributed by atoms with Crippen molar-refractivity contribution >= 4 is 6.09 Å². The van der Waals surface area contributed by atoms with Crippen molar-refractivity contribution in [1.82, 2.24) is 4.90 Å². The average molecular weight is 319 g/mol. The van der Waals surface area contributed by atoms with Crippen LogP contribution in [0.3, 0.4) is 0 Å². The number of benzene rings is 1. The molecule has 0 saturated carbocycles. The van der Waals surface area contributed by atoms with Gasteiger partial charge in [-0.1, -0.05) is 17.9 Å². The van der Waals surface area contributed by atoms with Gasteiger partial charge in [0.25, 0.3) is 0 Å². The second kappa shape index (κ2) is 6.59. The van der Waals surface area contributed by atoms with Crippen LogP contribution >= 0.6 is 0 Å². The molecule has 1 aromatic carbocycles. The normalized spacial score (nSPS) is 17.2. The van der Waals surface area contributed by atoms with Crippen molar-refractivity contribution in [1.29, 1.82) is 0 Å². The fraction of sp³-hybridized carbons (Fsp3) is 0.500. The largest absolute Gasteiger partial charge is 0.444 e. The first-order valence-electron chi connectivity index (χ1n) is 7.66. The number of halogens is 1. The van der Waals surface area contributed by atoms with Gasteiger partial charge in [-0.3, -0.25) is 0 Å². The van der Waals surface area contributed by atoms with E-state index in [2.05, 4.69) is 11.8 Å². The first kappa shape index (κ1) is 17.3. The SMILES string of the molecule is CC(C)(C)OC(=O)N1CCC(O)(C#Cc2cccc(F)c2)CC1. The molecule has 1 amide bonds. The summed E-state index contributed by atoms with van der Waals surface area (Å²) >= 11 is 0. The van der Waals surface area contributed by atoms with Gasteiger partial charge < -0.3 is 14.7 Å². The van der Waals surface area contributed by atoms with Crippen molar-refractivity contribution in [2.24, 2.45) is 0 Å². The van der Waals surface area contributed by atoms with Gasteiger partial charge in [-0.15, -0.1) is 0 Å². The molecule has 0 bridgehead atoms. The van der Waals surface area contributed by atoms with Crippen molar-refractivity contribution in [2.45, 2.75) is 44.8 Å². The molecule has 23 heavy (non-hydrogen) atoms. The molecule has 1 aromatic rings. The third-order valence-corrected chi connectivity index (χ3v) is 3.51. The lowest BCUT2D eigenvalue weighted by Gasteiger charge is -2.35. The topological polar surface area (TPSA) is 49.8 Å². The van der Waals surface area contributed by atoms with E-state index in [9.17, 15) is 14.3 Å². The number of likely N-dealkylation sites (tertiary alicyclic amines) is 1. The van der Waals surface area contributed by atoms with Crippen molar-refractivity contribution < 1.29 is 19.0 Å². The van der Waals surface area contributed by atoms with Crippen LogP contribution < -0.4 is 0 Å². The molecule has 1 aliphatic rings. The monoisotopic (exact) mass is 319 g/mol. The third-order valence-electron chi connectivity index (χ3n) is 3.51. The molecular formula is C18H22FNO3. The number of rotatable bonds is 0. The lowest BCUT2D eigenvalue weighted by atomic mass is 9.92. The van der Waals surface area contributed by atoms with Crippen LogP contribution in [0.15, 0.2) is 24.3 Å². The van der Waals surface area contributed by atoms with Crippen LogP contribution in [0.4, 0.5) is 9.18 Å². The van der Waals surface area contributed by atoms with Gasteiger partial charge in [-0.05, 0) is 39.0 Å². The standard InChI is InChI=1S/C18H22FNO3/c1-17(2,3)23-16(21)20-11-9-18(22,10-12-20)8-7-14-5-4-6-15(19)13-14/h4-6,13,22H,9-12H2,1-3H3. The molecule has 2 rings (SSSR count). The van der Waals surface area contributed by atoms with Crippen LogP contribution in [0.2, 0.25) is 0 Å². The minimum Gasteiger partial charge on any atom is -0.444 e. The van der Waals surface area contributed by atoms with Crippen LogP contribution in [0.1, 0.15) is 39.2 Å². The maximum atomic E-state index is 13.1. The Morgan fingerprint density at radius 3 is 2.57 bits per heavy atom. The summed E-state index contributed by atoms with van der Waals surface area (Å²) in [5, 5.41) is 10.5. The van der Waals surface area contributed by atoms with Gasteiger partial charge in [-0.25, -0.2) is 9.18 Å². The Morgan fingerprint density at radius 2 is 2.00 bits per heavy atom. The third kappa shape index (κ3) is 5.26. The highest BCUT2D eigenvalue weighted by Gasteiger charge is 2.34. The highest BCUT2D eigenvalue weighted by Crippen LogP contribution is 2.23. The zero-order valence-corrected chi connectivity index (χ0v) is 13.7. The van der Waals surface area contributed by atoms with E-state index in [1.165, 1.54) is 12.1 Å². The minimum atomic E-state index is -1.16. The molecule has 124 valence electrons. The van der Waals surface area contributed by atoms with E-state index in [-0.39, 0.29) is 11.9 Å². The van der Waals surface area contributed by atoms with E-state index < -0.39 is 11.2 Å². The van der Waals surface area contributed by atoms with Gasteiger partial charge in [0.1, 0.15) is 17.0 Å². The molecule has 0 unspecified atom stereocenters. The van der Waals surface area contributed by atoms with E-state index in [4.69, 9.17) is 4.74 Å². The predicted molar refractivity (Wildman–Crippen MR) is 85.3 cm³/mol. The van der Waals surface area contributed by atoms with E-state index in [0.717, 1.165) is 0 Å². The van der Waals surface area contributed by atoms with Crippen molar-refractivity contribution in [3.8, 4) is 11.8 Å². The Balaban J connectivity index is 1.96. The predicted octanol–water partition coefficient (Wildman–Crippen LogP) is 2.94. The highest BCUT2D eigenvalue weighted by molar-refractivity contribution is 5.68. The van der Waals surface area contributed by atoms with E-state index in [0.29, 0.717) is 31.5 Å². The Labute approximate surface area is 136 Å². The van der Waals surface area contributed by atoms with E-state index in [1.807, 2.05) is 20.8 Å². The molecule has 0 atom stereocenters. The van der Waals surface area contributed by atoms with Crippen LogP contribution in [0, 0.1) is 17.7 Å². The van der Waals surface area contributed by atoms with Gasteiger partial charge >= 0.3 is 6.09 Å². The summed E-state index contributed by atoms with van der Waals surface area (Å²) in [5.74, 6) is 5.25. The molecule has 0 radical (unpaired) electrons. The number of carbonyl (C=O) groups is 1. The molecule has 0 aromatic heterocycles. The zero-order valence-electron chi connectivity index (χ0n) is 13.7. The summed E-state index contributed by atoms with van der Waals surface area (Å²) in [5.41, 5.74) is -1.18. The van der Waals surface area contributed by atoms with Gasteiger partial charge in [-0.2, -0.15) is 0 Å². The lowest BCUT2D eigenvalue weighted by Crippen LogP contribution is -2.47. The van der Waals surface area contributed by atoms with Crippen molar-refractivity contribution in [3.05, 3.63) is 35.6 Å². The van der Waals surface area contributed by atoms with Gasteiger partial charge in [0.15, 0.2) is 0 Å². The molecule has 0 aliphatic carbocycles. The number of nitrogens with zero attached hydrogens (tertiary/aromatic N) is 1.